The average molecular weight is 461 g/mol. The first-order valence-corrected chi connectivity index (χ1v) is 10.9. The number of amides is 1. The number of esters is 2. The van der Waals surface area contributed by atoms with Crippen LogP contribution in [0.15, 0.2) is 40.5 Å². The molecular formula is C25H33FN2O5. The van der Waals surface area contributed by atoms with E-state index in [-0.39, 0.29) is 11.5 Å². The Morgan fingerprint density at radius 2 is 1.79 bits per heavy atom. The van der Waals surface area contributed by atoms with Gasteiger partial charge in [0.1, 0.15) is 23.4 Å². The predicted octanol–water partition coefficient (Wildman–Crippen LogP) is 3.93. The van der Waals surface area contributed by atoms with Gasteiger partial charge in [-0.1, -0.05) is 26.0 Å². The van der Waals surface area contributed by atoms with Gasteiger partial charge in [-0.3, -0.25) is 14.6 Å². The molecule has 0 spiro atoms. The third kappa shape index (κ3) is 6.27. The lowest BCUT2D eigenvalue weighted by Crippen LogP contribution is -2.49. The zero-order valence-electron chi connectivity index (χ0n) is 20.5. The van der Waals surface area contributed by atoms with Gasteiger partial charge >= 0.3 is 11.9 Å². The van der Waals surface area contributed by atoms with Gasteiger partial charge in [-0.05, 0) is 58.2 Å². The highest BCUT2D eigenvalue weighted by atomic mass is 19.1. The minimum absolute atomic E-state index is 0.177. The summed E-state index contributed by atoms with van der Waals surface area (Å²) < 4.78 is 24.6. The van der Waals surface area contributed by atoms with Gasteiger partial charge in [-0.25, -0.2) is 9.18 Å². The fraction of sp³-hybridized carbons (Fsp3) is 0.520. The number of halogens is 1. The van der Waals surface area contributed by atoms with E-state index in [1.807, 2.05) is 0 Å². The summed E-state index contributed by atoms with van der Waals surface area (Å²) in [4.78, 5) is 43.4. The van der Waals surface area contributed by atoms with Crippen LogP contribution in [0.5, 0.6) is 0 Å². The van der Waals surface area contributed by atoms with Crippen molar-refractivity contribution in [3.05, 3.63) is 46.9 Å². The van der Waals surface area contributed by atoms with Crippen LogP contribution in [0.4, 0.5) is 4.39 Å². The molecule has 0 fully saturated rings. The Balaban J connectivity index is 2.54. The summed E-state index contributed by atoms with van der Waals surface area (Å²) in [6, 6.07) is 4.81. The number of carbonyl (C=O) groups is 3. The van der Waals surface area contributed by atoms with E-state index in [0.717, 1.165) is 0 Å². The van der Waals surface area contributed by atoms with Crippen LogP contribution in [-0.2, 0) is 23.9 Å². The molecule has 1 aromatic carbocycles. The fourth-order valence-corrected chi connectivity index (χ4v) is 3.91. The van der Waals surface area contributed by atoms with E-state index in [2.05, 4.69) is 10.3 Å². The Kier molecular flexibility index (Phi) is 8.16. The SMILES string of the molecule is COC(=O)C1C(C)=NC(C)=C(C(=O)N[C@H](C(=O)OC(C)(C)C)C(C)C)C1c1cccc(F)c1. The zero-order chi connectivity index (χ0) is 25.1. The van der Waals surface area contributed by atoms with Crippen LogP contribution in [0.2, 0.25) is 0 Å². The number of nitrogens with zero attached hydrogens (tertiary/aromatic N) is 1. The second kappa shape index (κ2) is 10.3. The summed E-state index contributed by atoms with van der Waals surface area (Å²) in [6.45, 7) is 12.1. The standard InChI is InChI=1S/C25H33FN2O5/c1-13(2)21(24(31)33-25(5,6)7)28-22(29)18-14(3)27-15(4)19(23(30)32-8)20(18)16-10-9-11-17(26)12-16/h9-13,19-21H,1-8H3,(H,28,29)/t19?,20?,21-/m0/s1. The number of allylic oxidation sites excluding steroid dienone is 1. The third-order valence-electron chi connectivity index (χ3n) is 5.35. The predicted molar refractivity (Wildman–Crippen MR) is 123 cm³/mol. The molecule has 180 valence electrons. The maximum atomic E-state index is 14.1. The molecule has 1 N–H and O–H groups in total. The molecule has 2 rings (SSSR count). The van der Waals surface area contributed by atoms with Gasteiger partial charge in [-0.15, -0.1) is 0 Å². The van der Waals surface area contributed by atoms with E-state index in [9.17, 15) is 18.8 Å². The Morgan fingerprint density at radius 1 is 1.15 bits per heavy atom. The van der Waals surface area contributed by atoms with Crippen LogP contribution in [0.1, 0.15) is 59.9 Å². The van der Waals surface area contributed by atoms with Gasteiger partial charge in [0, 0.05) is 22.9 Å². The molecule has 1 aliphatic rings. The average Bonchev–Trinajstić information content (AvgIpc) is 2.69. The number of ether oxygens (including phenoxy) is 2. The first kappa shape index (κ1) is 26.2. The number of nitrogens with one attached hydrogen (secondary N) is 1. The molecule has 8 heteroatoms. The number of aliphatic imine (C=N–C) groups is 1. The van der Waals surface area contributed by atoms with Crippen LogP contribution >= 0.6 is 0 Å². The highest BCUT2D eigenvalue weighted by molar-refractivity contribution is 6.08. The molecule has 0 saturated heterocycles. The molecule has 7 nitrogen and oxygen atoms in total. The van der Waals surface area contributed by atoms with Crippen LogP contribution in [0, 0.1) is 17.7 Å². The van der Waals surface area contributed by atoms with Crippen molar-refractivity contribution < 1.29 is 28.2 Å². The van der Waals surface area contributed by atoms with Crippen LogP contribution in [-0.4, -0.2) is 42.3 Å². The number of benzene rings is 1. The monoisotopic (exact) mass is 460 g/mol. The number of carbonyl (C=O) groups excluding carboxylic acids is 3. The second-order valence-corrected chi connectivity index (χ2v) is 9.51. The van der Waals surface area contributed by atoms with Crippen molar-refractivity contribution in [1.82, 2.24) is 5.32 Å². The van der Waals surface area contributed by atoms with E-state index >= 15 is 0 Å². The lowest BCUT2D eigenvalue weighted by molar-refractivity contribution is -0.159. The Hall–Kier alpha value is -3.03. The fourth-order valence-electron chi connectivity index (χ4n) is 3.91. The molecule has 1 heterocycles. The van der Waals surface area contributed by atoms with Crippen molar-refractivity contribution in [1.29, 1.82) is 0 Å². The van der Waals surface area contributed by atoms with E-state index in [4.69, 9.17) is 9.47 Å². The van der Waals surface area contributed by atoms with Crippen molar-refractivity contribution in [2.75, 3.05) is 7.11 Å². The number of methoxy groups -OCH3 is 1. The summed E-state index contributed by atoms with van der Waals surface area (Å²) >= 11 is 0. The van der Waals surface area contributed by atoms with Crippen molar-refractivity contribution in [3.63, 3.8) is 0 Å². The highest BCUT2D eigenvalue weighted by Gasteiger charge is 2.42. The van der Waals surface area contributed by atoms with E-state index in [1.54, 1.807) is 54.5 Å². The largest absolute Gasteiger partial charge is 0.468 e. The van der Waals surface area contributed by atoms with Crippen LogP contribution in [0.25, 0.3) is 0 Å². The van der Waals surface area contributed by atoms with Crippen LogP contribution in [0.3, 0.4) is 0 Å². The summed E-state index contributed by atoms with van der Waals surface area (Å²) in [7, 11) is 1.25. The van der Waals surface area contributed by atoms with Crippen molar-refractivity contribution in [2.24, 2.45) is 16.8 Å². The molecule has 3 atom stereocenters. The minimum atomic E-state index is -0.922. The highest BCUT2D eigenvalue weighted by Crippen LogP contribution is 2.40. The quantitative estimate of drug-likeness (QED) is 0.649. The normalized spacial score (nSPS) is 19.6. The summed E-state index contributed by atoms with van der Waals surface area (Å²) in [5.41, 5.74) is 0.721. The first-order chi connectivity index (χ1) is 15.3. The first-order valence-electron chi connectivity index (χ1n) is 10.9. The number of hydrogen-bond acceptors (Lipinski definition) is 6. The molecule has 2 unspecified atom stereocenters. The third-order valence-corrected chi connectivity index (χ3v) is 5.35. The second-order valence-electron chi connectivity index (χ2n) is 9.51. The Bertz CT molecular complexity index is 991. The molecule has 1 aromatic rings. The molecule has 0 saturated carbocycles. The maximum absolute atomic E-state index is 14.1. The molecular weight excluding hydrogens is 427 g/mol. The molecule has 33 heavy (non-hydrogen) atoms. The van der Waals surface area contributed by atoms with Gasteiger partial charge in [0.25, 0.3) is 0 Å². The lowest BCUT2D eigenvalue weighted by atomic mass is 9.75. The van der Waals surface area contributed by atoms with Gasteiger partial charge in [0.15, 0.2) is 0 Å². The number of rotatable bonds is 6. The lowest BCUT2D eigenvalue weighted by Gasteiger charge is -2.33. The molecule has 1 aliphatic heterocycles. The summed E-state index contributed by atoms with van der Waals surface area (Å²) in [6.07, 6.45) is 0. The Labute approximate surface area is 194 Å². The molecule has 0 bridgehead atoms. The maximum Gasteiger partial charge on any atom is 0.329 e. The van der Waals surface area contributed by atoms with E-state index in [0.29, 0.717) is 17.0 Å². The van der Waals surface area contributed by atoms with Gasteiger partial charge < -0.3 is 14.8 Å². The van der Waals surface area contributed by atoms with Gasteiger partial charge in [-0.2, -0.15) is 0 Å². The van der Waals surface area contributed by atoms with Crippen molar-refractivity contribution in [2.45, 2.75) is 66.0 Å². The van der Waals surface area contributed by atoms with Crippen molar-refractivity contribution >= 4 is 23.6 Å². The van der Waals surface area contributed by atoms with Gasteiger partial charge in [0.05, 0.1) is 7.11 Å². The minimum Gasteiger partial charge on any atom is -0.468 e. The molecule has 0 radical (unpaired) electrons. The topological polar surface area (TPSA) is 94.1 Å². The number of hydrogen-bond donors (Lipinski definition) is 1. The summed E-state index contributed by atoms with van der Waals surface area (Å²) in [5, 5.41) is 2.76. The Morgan fingerprint density at radius 3 is 2.30 bits per heavy atom. The summed E-state index contributed by atoms with van der Waals surface area (Å²) in [5.74, 6) is -4.24. The van der Waals surface area contributed by atoms with Crippen molar-refractivity contribution in [3.8, 4) is 0 Å². The molecule has 0 aliphatic carbocycles. The zero-order valence-corrected chi connectivity index (χ0v) is 20.5. The van der Waals surface area contributed by atoms with Gasteiger partial charge in [0.2, 0.25) is 5.91 Å². The molecule has 0 aromatic heterocycles. The van der Waals surface area contributed by atoms with E-state index in [1.165, 1.54) is 25.3 Å². The molecule has 1 amide bonds. The van der Waals surface area contributed by atoms with Crippen LogP contribution < -0.4 is 5.32 Å². The van der Waals surface area contributed by atoms with E-state index < -0.39 is 47.1 Å². The smallest absolute Gasteiger partial charge is 0.329 e.